The van der Waals surface area contributed by atoms with Crippen molar-refractivity contribution in [3.8, 4) is 0 Å². The molecule has 0 atom stereocenters. The van der Waals surface area contributed by atoms with E-state index in [2.05, 4.69) is 22.8 Å². The van der Waals surface area contributed by atoms with Gasteiger partial charge in [-0.05, 0) is 0 Å². The maximum atomic E-state index is 11.2. The van der Waals surface area contributed by atoms with Crippen LogP contribution in [0.1, 0.15) is 12.8 Å². The van der Waals surface area contributed by atoms with Crippen molar-refractivity contribution < 1.29 is 9.59 Å². The Morgan fingerprint density at radius 3 is 2.31 bits per heavy atom. The van der Waals surface area contributed by atoms with Crippen molar-refractivity contribution in [2.75, 3.05) is 4.90 Å². The molecule has 0 spiro atoms. The van der Waals surface area contributed by atoms with Gasteiger partial charge in [0, 0.05) is 12.8 Å². The van der Waals surface area contributed by atoms with Gasteiger partial charge < -0.3 is 0 Å². The average Bonchev–Trinajstić information content (AvgIpc) is 2.60. The highest BCUT2D eigenvalue weighted by Gasteiger charge is 2.32. The molecule has 0 aromatic carbocycles. The number of anilines is 1. The first kappa shape index (κ1) is 8.64. The molecule has 7 heteroatoms. The van der Waals surface area contributed by atoms with Crippen LogP contribution in [0.5, 0.6) is 0 Å². The summed E-state index contributed by atoms with van der Waals surface area (Å²) in [5.74, 6) is -0.427. The van der Waals surface area contributed by atoms with E-state index in [4.69, 9.17) is 0 Å². The predicted molar refractivity (Wildman–Crippen MR) is 48.9 cm³/mol. The number of amides is 2. The smallest absolute Gasteiger partial charge is 0.236 e. The molecule has 1 aliphatic rings. The van der Waals surface area contributed by atoms with Gasteiger partial charge in [0.1, 0.15) is 0 Å². The molecule has 0 radical (unpaired) electrons. The Bertz CT molecular complexity index is 360. The topological polar surface area (TPSA) is 63.2 Å². The second-order valence-corrected chi connectivity index (χ2v) is 4.17. The molecule has 0 bridgehead atoms. The SMILES string of the molecule is O=C1CCC(=O)N1c1nnc(S)s1. The molecule has 5 nitrogen and oxygen atoms in total. The molecule has 0 unspecified atom stereocenters. The monoisotopic (exact) mass is 215 g/mol. The molecule has 0 aliphatic carbocycles. The van der Waals surface area contributed by atoms with Gasteiger partial charge in [-0.1, -0.05) is 11.3 Å². The molecule has 0 saturated carbocycles. The number of rotatable bonds is 1. The highest BCUT2D eigenvalue weighted by Crippen LogP contribution is 2.26. The molecule has 68 valence electrons. The standard InChI is InChI=1S/C6H5N3O2S2/c10-3-1-2-4(11)9(3)5-7-8-6(12)13-5/h1-2H2,(H,8,12). The average molecular weight is 215 g/mol. The number of carbonyl (C=O) groups is 2. The summed E-state index contributed by atoms with van der Waals surface area (Å²) in [6, 6.07) is 0. The normalized spacial score (nSPS) is 17.2. The zero-order valence-corrected chi connectivity index (χ0v) is 8.14. The lowest BCUT2D eigenvalue weighted by molar-refractivity contribution is -0.121. The zero-order valence-electron chi connectivity index (χ0n) is 6.43. The Kier molecular flexibility index (Phi) is 2.04. The van der Waals surface area contributed by atoms with Gasteiger partial charge >= 0.3 is 0 Å². The summed E-state index contributed by atoms with van der Waals surface area (Å²) in [6.45, 7) is 0. The van der Waals surface area contributed by atoms with Gasteiger partial charge in [-0.15, -0.1) is 22.8 Å². The van der Waals surface area contributed by atoms with E-state index in [0.29, 0.717) is 9.47 Å². The van der Waals surface area contributed by atoms with E-state index in [1.54, 1.807) is 0 Å². The number of thiol groups is 1. The van der Waals surface area contributed by atoms with Gasteiger partial charge in [0.2, 0.25) is 16.9 Å². The van der Waals surface area contributed by atoms with Crippen molar-refractivity contribution in [2.45, 2.75) is 17.2 Å². The van der Waals surface area contributed by atoms with Crippen LogP contribution in [0.15, 0.2) is 4.34 Å². The molecule has 2 heterocycles. The van der Waals surface area contributed by atoms with Gasteiger partial charge in [0.05, 0.1) is 0 Å². The minimum absolute atomic E-state index is 0.213. The molecule has 1 saturated heterocycles. The van der Waals surface area contributed by atoms with E-state index in [0.717, 1.165) is 16.2 Å². The fraction of sp³-hybridized carbons (Fsp3) is 0.333. The molecule has 2 rings (SSSR count). The van der Waals surface area contributed by atoms with E-state index in [1.807, 2.05) is 0 Å². The van der Waals surface area contributed by atoms with Crippen LogP contribution < -0.4 is 4.90 Å². The van der Waals surface area contributed by atoms with E-state index in [1.165, 1.54) is 0 Å². The zero-order chi connectivity index (χ0) is 9.42. The van der Waals surface area contributed by atoms with Crippen LogP contribution in [0.2, 0.25) is 0 Å². The van der Waals surface area contributed by atoms with E-state index in [-0.39, 0.29) is 24.7 Å². The Balaban J connectivity index is 2.35. The summed E-state index contributed by atoms with van der Waals surface area (Å²) < 4.78 is 0.447. The molecular weight excluding hydrogens is 210 g/mol. The lowest BCUT2D eigenvalue weighted by Crippen LogP contribution is -2.28. The number of imide groups is 1. The Hall–Kier alpha value is -0.950. The minimum atomic E-state index is -0.213. The van der Waals surface area contributed by atoms with Crippen molar-refractivity contribution >= 4 is 40.9 Å². The van der Waals surface area contributed by atoms with Crippen molar-refractivity contribution in [3.63, 3.8) is 0 Å². The maximum Gasteiger partial charge on any atom is 0.236 e. The summed E-state index contributed by atoms with van der Waals surface area (Å²) >= 11 is 5.07. The molecule has 13 heavy (non-hydrogen) atoms. The summed E-state index contributed by atoms with van der Waals surface area (Å²) in [5.41, 5.74) is 0. The minimum Gasteiger partial charge on any atom is -0.274 e. The first-order valence-corrected chi connectivity index (χ1v) is 4.83. The Morgan fingerprint density at radius 2 is 1.85 bits per heavy atom. The van der Waals surface area contributed by atoms with Crippen LogP contribution in [0.4, 0.5) is 5.13 Å². The van der Waals surface area contributed by atoms with Crippen LogP contribution in [0, 0.1) is 0 Å². The molecule has 2 amide bonds. The summed E-state index contributed by atoms with van der Waals surface area (Å²) in [4.78, 5) is 23.5. The lowest BCUT2D eigenvalue weighted by Gasteiger charge is -2.06. The number of carbonyl (C=O) groups excluding carboxylic acids is 2. The third-order valence-electron chi connectivity index (χ3n) is 1.65. The third kappa shape index (κ3) is 1.44. The van der Waals surface area contributed by atoms with Gasteiger partial charge in [0.25, 0.3) is 0 Å². The van der Waals surface area contributed by atoms with Crippen LogP contribution in [0.25, 0.3) is 0 Å². The Morgan fingerprint density at radius 1 is 1.23 bits per heavy atom. The summed E-state index contributed by atoms with van der Waals surface area (Å²) in [7, 11) is 0. The highest BCUT2D eigenvalue weighted by atomic mass is 32.2. The molecule has 1 aromatic heterocycles. The van der Waals surface area contributed by atoms with Crippen LogP contribution in [-0.4, -0.2) is 22.0 Å². The van der Waals surface area contributed by atoms with Crippen LogP contribution in [-0.2, 0) is 9.59 Å². The number of aromatic nitrogens is 2. The molecule has 0 N–H and O–H groups in total. The van der Waals surface area contributed by atoms with Crippen molar-refractivity contribution in [1.82, 2.24) is 10.2 Å². The second-order valence-electron chi connectivity index (χ2n) is 2.49. The van der Waals surface area contributed by atoms with Gasteiger partial charge in [0.15, 0.2) is 4.34 Å². The fourth-order valence-corrected chi connectivity index (χ4v) is 2.00. The highest BCUT2D eigenvalue weighted by molar-refractivity contribution is 7.82. The lowest BCUT2D eigenvalue weighted by atomic mass is 10.4. The van der Waals surface area contributed by atoms with Crippen LogP contribution in [0.3, 0.4) is 0 Å². The summed E-state index contributed by atoms with van der Waals surface area (Å²) in [6.07, 6.45) is 0.528. The number of hydrogen-bond donors (Lipinski definition) is 1. The van der Waals surface area contributed by atoms with Gasteiger partial charge in [-0.25, -0.2) is 4.90 Å². The summed E-state index contributed by atoms with van der Waals surface area (Å²) in [5, 5.41) is 7.61. The predicted octanol–water partition coefficient (Wildman–Crippen LogP) is 0.480. The molecule has 1 fully saturated rings. The number of nitrogens with zero attached hydrogens (tertiary/aromatic N) is 3. The van der Waals surface area contributed by atoms with Crippen molar-refractivity contribution in [2.24, 2.45) is 0 Å². The van der Waals surface area contributed by atoms with E-state index < -0.39 is 0 Å². The van der Waals surface area contributed by atoms with E-state index >= 15 is 0 Å². The quantitative estimate of drug-likeness (QED) is 0.420. The first-order chi connectivity index (χ1) is 6.18. The Labute approximate surface area is 83.2 Å². The van der Waals surface area contributed by atoms with Crippen molar-refractivity contribution in [3.05, 3.63) is 0 Å². The largest absolute Gasteiger partial charge is 0.274 e. The first-order valence-electron chi connectivity index (χ1n) is 3.57. The fourth-order valence-electron chi connectivity index (χ4n) is 1.09. The molecular formula is C6H5N3O2S2. The third-order valence-corrected chi connectivity index (χ3v) is 2.72. The van der Waals surface area contributed by atoms with Gasteiger partial charge in [-0.3, -0.25) is 9.59 Å². The molecule has 1 aliphatic heterocycles. The van der Waals surface area contributed by atoms with E-state index in [9.17, 15) is 9.59 Å². The van der Waals surface area contributed by atoms with Gasteiger partial charge in [-0.2, -0.15) is 0 Å². The molecule has 1 aromatic rings. The van der Waals surface area contributed by atoms with Crippen LogP contribution >= 0.6 is 24.0 Å². The second kappa shape index (κ2) is 3.08. The van der Waals surface area contributed by atoms with Crippen molar-refractivity contribution in [1.29, 1.82) is 0 Å². The maximum absolute atomic E-state index is 11.2. The number of hydrogen-bond acceptors (Lipinski definition) is 6.